The summed E-state index contributed by atoms with van der Waals surface area (Å²) >= 11 is 1.13. The molecule has 0 aromatic carbocycles. The molecule has 2 N–H and O–H groups in total. The molecule has 0 saturated heterocycles. The van der Waals surface area contributed by atoms with E-state index in [1.165, 1.54) is 6.92 Å². The smallest absolute Gasteiger partial charge is 0.307 e. The molecule has 2 atom stereocenters. The average molecular weight is 310 g/mol. The van der Waals surface area contributed by atoms with Crippen LogP contribution in [0.3, 0.4) is 0 Å². The number of ketones is 1. The first-order valence-electron chi connectivity index (χ1n) is 6.92. The molecule has 1 saturated carbocycles. The van der Waals surface area contributed by atoms with Gasteiger partial charge in [0.1, 0.15) is 0 Å². The number of Topliss-reactive ketones (excluding diaryl/α,β-unsaturated/α-hetero) is 1. The maximum absolute atomic E-state index is 12.3. The van der Waals surface area contributed by atoms with E-state index in [-0.39, 0.29) is 11.7 Å². The molecule has 6 nitrogen and oxygen atoms in total. The van der Waals surface area contributed by atoms with Gasteiger partial charge in [-0.15, -0.1) is 0 Å². The maximum Gasteiger partial charge on any atom is 0.307 e. The van der Waals surface area contributed by atoms with Crippen LogP contribution in [0, 0.1) is 18.8 Å². The van der Waals surface area contributed by atoms with Crippen molar-refractivity contribution in [3.8, 4) is 0 Å². The monoisotopic (exact) mass is 310 g/mol. The first kappa shape index (κ1) is 15.6. The van der Waals surface area contributed by atoms with E-state index in [2.05, 4.69) is 10.3 Å². The molecular weight excluding hydrogens is 292 g/mol. The number of carboxylic acid groups (broad SMARTS) is 1. The van der Waals surface area contributed by atoms with Crippen molar-refractivity contribution in [1.29, 1.82) is 0 Å². The zero-order chi connectivity index (χ0) is 15.6. The molecule has 0 radical (unpaired) electrons. The van der Waals surface area contributed by atoms with Gasteiger partial charge in [-0.05, 0) is 19.8 Å². The highest BCUT2D eigenvalue weighted by molar-refractivity contribution is 7.17. The Labute approximate surface area is 126 Å². The molecule has 1 aliphatic rings. The minimum atomic E-state index is -0.922. The molecule has 114 valence electrons. The Balaban J connectivity index is 2.11. The van der Waals surface area contributed by atoms with Crippen LogP contribution in [-0.2, 0) is 9.59 Å². The Bertz CT molecular complexity index is 582. The van der Waals surface area contributed by atoms with E-state index < -0.39 is 17.8 Å². The molecule has 0 aliphatic heterocycles. The van der Waals surface area contributed by atoms with Crippen molar-refractivity contribution in [2.45, 2.75) is 39.5 Å². The van der Waals surface area contributed by atoms with Crippen molar-refractivity contribution >= 4 is 34.1 Å². The minimum absolute atomic E-state index is 0.0911. The molecule has 1 heterocycles. The number of aryl methyl sites for hydroxylation is 1. The quantitative estimate of drug-likeness (QED) is 0.833. The van der Waals surface area contributed by atoms with E-state index in [1.807, 2.05) is 0 Å². The summed E-state index contributed by atoms with van der Waals surface area (Å²) in [5.41, 5.74) is 0.584. The Kier molecular flexibility index (Phi) is 4.72. The van der Waals surface area contributed by atoms with Gasteiger partial charge in [0.2, 0.25) is 5.91 Å². The molecule has 7 heteroatoms. The highest BCUT2D eigenvalue weighted by Gasteiger charge is 2.36. The van der Waals surface area contributed by atoms with Gasteiger partial charge in [0, 0.05) is 6.92 Å². The summed E-state index contributed by atoms with van der Waals surface area (Å²) in [5.74, 6) is -2.49. The lowest BCUT2D eigenvalue weighted by atomic mass is 9.79. The number of nitrogens with one attached hydrogen (secondary N) is 1. The Hall–Kier alpha value is -1.76. The molecule has 1 fully saturated rings. The van der Waals surface area contributed by atoms with Crippen LogP contribution in [0.5, 0.6) is 0 Å². The van der Waals surface area contributed by atoms with Gasteiger partial charge in [-0.2, -0.15) is 0 Å². The van der Waals surface area contributed by atoms with Crippen LogP contribution >= 0.6 is 11.3 Å². The van der Waals surface area contributed by atoms with E-state index in [9.17, 15) is 19.5 Å². The number of aromatic nitrogens is 1. The molecule has 0 bridgehead atoms. The predicted molar refractivity (Wildman–Crippen MR) is 78.6 cm³/mol. The number of rotatable bonds is 4. The molecule has 1 amide bonds. The third kappa shape index (κ3) is 3.47. The van der Waals surface area contributed by atoms with Gasteiger partial charge in [0.15, 0.2) is 10.9 Å². The van der Waals surface area contributed by atoms with Crippen molar-refractivity contribution < 1.29 is 19.5 Å². The van der Waals surface area contributed by atoms with Gasteiger partial charge >= 0.3 is 5.97 Å². The van der Waals surface area contributed by atoms with Crippen LogP contribution in [-0.4, -0.2) is 27.8 Å². The standard InChI is InChI=1S/C14H18N2O4S/c1-7-11(8(2)17)21-14(15-7)16-12(18)9-5-3-4-6-10(9)13(19)20/h9-10H,3-6H2,1-2H3,(H,19,20)(H,15,16,18)/t9-,10-/m1/s1. The van der Waals surface area contributed by atoms with Crippen LogP contribution < -0.4 is 5.32 Å². The summed E-state index contributed by atoms with van der Waals surface area (Å²) in [6.45, 7) is 3.16. The molecular formula is C14H18N2O4S. The van der Waals surface area contributed by atoms with Crippen molar-refractivity contribution in [1.82, 2.24) is 4.98 Å². The number of carbonyl (C=O) groups is 3. The number of hydrogen-bond donors (Lipinski definition) is 2. The number of carbonyl (C=O) groups excluding carboxylic acids is 2. The van der Waals surface area contributed by atoms with Gasteiger partial charge in [-0.1, -0.05) is 24.2 Å². The fraction of sp³-hybridized carbons (Fsp3) is 0.571. The minimum Gasteiger partial charge on any atom is -0.481 e. The van der Waals surface area contributed by atoms with Crippen LogP contribution in [0.25, 0.3) is 0 Å². The van der Waals surface area contributed by atoms with Gasteiger partial charge in [0.05, 0.1) is 22.4 Å². The third-order valence-electron chi connectivity index (χ3n) is 3.77. The van der Waals surface area contributed by atoms with Crippen molar-refractivity contribution in [2.24, 2.45) is 11.8 Å². The summed E-state index contributed by atoms with van der Waals surface area (Å²) in [6.07, 6.45) is 2.80. The summed E-state index contributed by atoms with van der Waals surface area (Å²) in [4.78, 5) is 39.6. The van der Waals surface area contributed by atoms with E-state index >= 15 is 0 Å². The zero-order valence-electron chi connectivity index (χ0n) is 12.0. The average Bonchev–Trinajstić information content (AvgIpc) is 2.79. The van der Waals surface area contributed by atoms with Crippen molar-refractivity contribution in [3.05, 3.63) is 10.6 Å². The Morgan fingerprint density at radius 1 is 1.24 bits per heavy atom. The lowest BCUT2D eigenvalue weighted by molar-refractivity contribution is -0.147. The highest BCUT2D eigenvalue weighted by Crippen LogP contribution is 2.32. The first-order chi connectivity index (χ1) is 9.90. The number of thiazole rings is 1. The summed E-state index contributed by atoms with van der Waals surface area (Å²) in [5, 5.41) is 12.2. The Morgan fingerprint density at radius 3 is 2.38 bits per heavy atom. The number of hydrogen-bond acceptors (Lipinski definition) is 5. The number of aliphatic carboxylic acids is 1. The highest BCUT2D eigenvalue weighted by atomic mass is 32.1. The first-order valence-corrected chi connectivity index (χ1v) is 7.74. The van der Waals surface area contributed by atoms with E-state index in [0.29, 0.717) is 28.5 Å². The number of carboxylic acids is 1. The SMILES string of the molecule is CC(=O)c1sc(NC(=O)[C@@H]2CCCC[C@H]2C(=O)O)nc1C. The van der Waals surface area contributed by atoms with Crippen molar-refractivity contribution in [3.63, 3.8) is 0 Å². The van der Waals surface area contributed by atoms with Gasteiger partial charge in [-0.3, -0.25) is 14.4 Å². The largest absolute Gasteiger partial charge is 0.481 e. The van der Waals surface area contributed by atoms with Crippen LogP contribution in [0.4, 0.5) is 5.13 Å². The van der Waals surface area contributed by atoms with Crippen LogP contribution in [0.15, 0.2) is 0 Å². The number of amides is 1. The number of anilines is 1. The third-order valence-corrected chi connectivity index (χ3v) is 4.94. The lowest BCUT2D eigenvalue weighted by Crippen LogP contribution is -2.36. The summed E-state index contributed by atoms with van der Waals surface area (Å²) in [6, 6.07) is 0. The number of nitrogens with zero attached hydrogens (tertiary/aromatic N) is 1. The van der Waals surface area contributed by atoms with E-state index in [4.69, 9.17) is 0 Å². The molecule has 1 aliphatic carbocycles. The molecule has 1 aromatic heterocycles. The maximum atomic E-state index is 12.3. The van der Waals surface area contributed by atoms with Crippen LogP contribution in [0.1, 0.15) is 48.0 Å². The van der Waals surface area contributed by atoms with Crippen LogP contribution in [0.2, 0.25) is 0 Å². The molecule has 0 spiro atoms. The second-order valence-electron chi connectivity index (χ2n) is 5.31. The lowest BCUT2D eigenvalue weighted by Gasteiger charge is -2.26. The zero-order valence-corrected chi connectivity index (χ0v) is 12.8. The molecule has 0 unspecified atom stereocenters. The molecule has 2 rings (SSSR count). The second-order valence-corrected chi connectivity index (χ2v) is 6.31. The fourth-order valence-corrected chi connectivity index (χ4v) is 3.58. The fourth-order valence-electron chi connectivity index (χ4n) is 2.71. The van der Waals surface area contributed by atoms with Crippen molar-refractivity contribution in [2.75, 3.05) is 5.32 Å². The second kappa shape index (κ2) is 6.34. The normalized spacial score (nSPS) is 21.8. The summed E-state index contributed by atoms with van der Waals surface area (Å²) < 4.78 is 0. The van der Waals surface area contributed by atoms with Gasteiger partial charge < -0.3 is 10.4 Å². The Morgan fingerprint density at radius 2 is 1.86 bits per heavy atom. The predicted octanol–water partition coefficient (Wildman–Crippen LogP) is 2.48. The molecule has 21 heavy (non-hydrogen) atoms. The topological polar surface area (TPSA) is 96.4 Å². The van der Waals surface area contributed by atoms with E-state index in [1.54, 1.807) is 6.92 Å². The van der Waals surface area contributed by atoms with E-state index in [0.717, 1.165) is 24.2 Å². The molecule has 1 aromatic rings. The van der Waals surface area contributed by atoms with Gasteiger partial charge in [-0.25, -0.2) is 4.98 Å². The summed E-state index contributed by atoms with van der Waals surface area (Å²) in [7, 11) is 0. The van der Waals surface area contributed by atoms with Gasteiger partial charge in [0.25, 0.3) is 0 Å².